The van der Waals surface area contributed by atoms with Crippen molar-refractivity contribution in [2.24, 2.45) is 0 Å². The highest BCUT2D eigenvalue weighted by Crippen LogP contribution is 2.26. The van der Waals surface area contributed by atoms with Gasteiger partial charge in [-0.05, 0) is 25.0 Å². The van der Waals surface area contributed by atoms with Crippen LogP contribution < -0.4 is 5.32 Å². The van der Waals surface area contributed by atoms with Gasteiger partial charge in [0.05, 0.1) is 16.7 Å². The predicted octanol–water partition coefficient (Wildman–Crippen LogP) is 3.31. The molecule has 0 bridgehead atoms. The Balaban J connectivity index is 1.64. The number of ether oxygens (including phenoxy) is 1. The van der Waals surface area contributed by atoms with Crippen molar-refractivity contribution in [1.82, 2.24) is 4.98 Å². The highest BCUT2D eigenvalue weighted by atomic mass is 32.1. The second kappa shape index (κ2) is 6.19. The van der Waals surface area contributed by atoms with E-state index in [1.54, 1.807) is 12.1 Å². The van der Waals surface area contributed by atoms with Gasteiger partial charge in [-0.25, -0.2) is 4.98 Å². The second-order valence-corrected chi connectivity index (χ2v) is 5.72. The van der Waals surface area contributed by atoms with Crippen LogP contribution in [-0.4, -0.2) is 29.2 Å². The lowest BCUT2D eigenvalue weighted by atomic mass is 10.1. The Labute approximate surface area is 125 Å². The van der Waals surface area contributed by atoms with Crippen LogP contribution in [0.2, 0.25) is 0 Å². The fraction of sp³-hybridized carbons (Fsp3) is 0.357. The summed E-state index contributed by atoms with van der Waals surface area (Å²) in [7, 11) is 0. The van der Waals surface area contributed by atoms with Gasteiger partial charge in [0.1, 0.15) is 0 Å². The maximum atomic E-state index is 10.6. The molecule has 1 aliphatic rings. The SMILES string of the molecule is O=[N+]([O-])c1ccc(-c2csc(NC[C@@H]3CCCO3)n2)cc1. The lowest BCUT2D eigenvalue weighted by molar-refractivity contribution is -0.384. The maximum absolute atomic E-state index is 10.6. The van der Waals surface area contributed by atoms with Crippen molar-refractivity contribution in [2.45, 2.75) is 18.9 Å². The fourth-order valence-electron chi connectivity index (χ4n) is 2.25. The monoisotopic (exact) mass is 305 g/mol. The zero-order valence-electron chi connectivity index (χ0n) is 11.3. The van der Waals surface area contributed by atoms with Gasteiger partial charge in [0, 0.05) is 36.2 Å². The van der Waals surface area contributed by atoms with E-state index in [-0.39, 0.29) is 11.8 Å². The van der Waals surface area contributed by atoms with Gasteiger partial charge < -0.3 is 10.1 Å². The number of nitrogens with one attached hydrogen (secondary N) is 1. The molecule has 1 aromatic heterocycles. The summed E-state index contributed by atoms with van der Waals surface area (Å²) in [5.41, 5.74) is 1.79. The van der Waals surface area contributed by atoms with E-state index >= 15 is 0 Å². The van der Waals surface area contributed by atoms with Crippen molar-refractivity contribution in [3.8, 4) is 11.3 Å². The van der Waals surface area contributed by atoms with Crippen LogP contribution in [0.3, 0.4) is 0 Å². The number of thiazole rings is 1. The minimum absolute atomic E-state index is 0.0886. The summed E-state index contributed by atoms with van der Waals surface area (Å²) in [6.07, 6.45) is 2.49. The van der Waals surface area contributed by atoms with E-state index in [4.69, 9.17) is 4.74 Å². The number of nitro groups is 1. The van der Waals surface area contributed by atoms with E-state index in [9.17, 15) is 10.1 Å². The van der Waals surface area contributed by atoms with Gasteiger partial charge in [-0.3, -0.25) is 10.1 Å². The van der Waals surface area contributed by atoms with Crippen LogP contribution in [0.1, 0.15) is 12.8 Å². The van der Waals surface area contributed by atoms with Crippen molar-refractivity contribution < 1.29 is 9.66 Å². The minimum Gasteiger partial charge on any atom is -0.376 e. The number of rotatable bonds is 5. The molecular formula is C14H15N3O3S. The minimum atomic E-state index is -0.403. The molecule has 6 nitrogen and oxygen atoms in total. The van der Waals surface area contributed by atoms with E-state index in [2.05, 4.69) is 10.3 Å². The molecule has 7 heteroatoms. The summed E-state index contributed by atoms with van der Waals surface area (Å²) in [6.45, 7) is 1.62. The predicted molar refractivity (Wildman–Crippen MR) is 81.7 cm³/mol. The molecular weight excluding hydrogens is 290 g/mol. The van der Waals surface area contributed by atoms with E-state index < -0.39 is 4.92 Å². The molecule has 0 spiro atoms. The molecule has 0 radical (unpaired) electrons. The number of benzene rings is 1. The van der Waals surface area contributed by atoms with E-state index in [0.717, 1.165) is 42.4 Å². The normalized spacial score (nSPS) is 17.8. The number of nitro benzene ring substituents is 1. The molecule has 1 N–H and O–H groups in total. The molecule has 0 aliphatic carbocycles. The summed E-state index contributed by atoms with van der Waals surface area (Å²) in [4.78, 5) is 14.7. The summed E-state index contributed by atoms with van der Waals surface area (Å²) >= 11 is 1.53. The third-order valence-electron chi connectivity index (χ3n) is 3.38. The first kappa shape index (κ1) is 14.0. The Hall–Kier alpha value is -1.99. The molecule has 1 aliphatic heterocycles. The van der Waals surface area contributed by atoms with Gasteiger partial charge in [-0.1, -0.05) is 0 Å². The lowest BCUT2D eigenvalue weighted by Gasteiger charge is -2.09. The molecule has 1 aromatic carbocycles. The molecule has 1 atom stereocenters. The Morgan fingerprint density at radius 1 is 1.43 bits per heavy atom. The van der Waals surface area contributed by atoms with Crippen LogP contribution in [0.4, 0.5) is 10.8 Å². The number of nitrogens with zero attached hydrogens (tertiary/aromatic N) is 2. The molecule has 0 unspecified atom stereocenters. The van der Waals surface area contributed by atoms with E-state index in [1.165, 1.54) is 23.5 Å². The maximum Gasteiger partial charge on any atom is 0.269 e. The smallest absolute Gasteiger partial charge is 0.269 e. The van der Waals surface area contributed by atoms with Crippen LogP contribution in [0.15, 0.2) is 29.6 Å². The standard InChI is InChI=1S/C14H15N3O3S/c18-17(19)11-5-3-10(4-6-11)13-9-21-14(16-13)15-8-12-2-1-7-20-12/h3-6,9,12H,1-2,7-8H2,(H,15,16)/t12-/m0/s1. The molecule has 21 heavy (non-hydrogen) atoms. The first-order chi connectivity index (χ1) is 10.2. The van der Waals surface area contributed by atoms with Crippen molar-refractivity contribution in [3.05, 3.63) is 39.8 Å². The number of hydrogen-bond acceptors (Lipinski definition) is 6. The van der Waals surface area contributed by atoms with Gasteiger partial charge in [0.2, 0.25) is 0 Å². The quantitative estimate of drug-likeness (QED) is 0.677. The highest BCUT2D eigenvalue weighted by molar-refractivity contribution is 7.14. The zero-order chi connectivity index (χ0) is 14.7. The van der Waals surface area contributed by atoms with Crippen LogP contribution in [0.25, 0.3) is 11.3 Å². The van der Waals surface area contributed by atoms with E-state index in [0.29, 0.717) is 0 Å². The van der Waals surface area contributed by atoms with Gasteiger partial charge >= 0.3 is 0 Å². The van der Waals surface area contributed by atoms with Gasteiger partial charge in [0.25, 0.3) is 5.69 Å². The largest absolute Gasteiger partial charge is 0.376 e. The summed E-state index contributed by atoms with van der Waals surface area (Å²) in [6, 6.07) is 6.43. The van der Waals surface area contributed by atoms with Crippen LogP contribution in [0.5, 0.6) is 0 Å². The summed E-state index contributed by atoms with van der Waals surface area (Å²) in [5, 5.41) is 16.7. The number of hydrogen-bond donors (Lipinski definition) is 1. The lowest BCUT2D eigenvalue weighted by Crippen LogP contribution is -2.18. The molecule has 1 saturated heterocycles. The number of anilines is 1. The molecule has 2 aromatic rings. The Morgan fingerprint density at radius 2 is 2.24 bits per heavy atom. The van der Waals surface area contributed by atoms with Crippen LogP contribution in [0, 0.1) is 10.1 Å². The summed E-state index contributed by atoms with van der Waals surface area (Å²) in [5.74, 6) is 0. The average molecular weight is 305 g/mol. The van der Waals surface area contributed by atoms with Gasteiger partial charge in [-0.2, -0.15) is 0 Å². The molecule has 1 fully saturated rings. The molecule has 110 valence electrons. The fourth-order valence-corrected chi connectivity index (χ4v) is 2.98. The third-order valence-corrected chi connectivity index (χ3v) is 4.18. The van der Waals surface area contributed by atoms with Gasteiger partial charge in [0.15, 0.2) is 5.13 Å². The first-order valence-corrected chi connectivity index (χ1v) is 7.66. The Kier molecular flexibility index (Phi) is 4.12. The highest BCUT2D eigenvalue weighted by Gasteiger charge is 2.15. The van der Waals surface area contributed by atoms with Gasteiger partial charge in [-0.15, -0.1) is 11.3 Å². The van der Waals surface area contributed by atoms with Crippen molar-refractivity contribution >= 4 is 22.2 Å². The Bertz CT molecular complexity index is 621. The van der Waals surface area contributed by atoms with Crippen molar-refractivity contribution in [3.63, 3.8) is 0 Å². The van der Waals surface area contributed by atoms with E-state index in [1.807, 2.05) is 5.38 Å². The molecule has 0 saturated carbocycles. The number of aromatic nitrogens is 1. The van der Waals surface area contributed by atoms with Crippen molar-refractivity contribution in [1.29, 1.82) is 0 Å². The van der Waals surface area contributed by atoms with Crippen molar-refractivity contribution in [2.75, 3.05) is 18.5 Å². The third kappa shape index (κ3) is 3.37. The average Bonchev–Trinajstić information content (AvgIpc) is 3.17. The topological polar surface area (TPSA) is 77.3 Å². The summed E-state index contributed by atoms with van der Waals surface area (Å²) < 4.78 is 5.55. The molecule has 3 rings (SSSR count). The second-order valence-electron chi connectivity index (χ2n) is 4.86. The Morgan fingerprint density at radius 3 is 2.90 bits per heavy atom. The number of non-ortho nitro benzene ring substituents is 1. The van der Waals surface area contributed by atoms with Crippen LogP contribution >= 0.6 is 11.3 Å². The van der Waals surface area contributed by atoms with Crippen LogP contribution in [-0.2, 0) is 4.74 Å². The first-order valence-electron chi connectivity index (χ1n) is 6.78. The zero-order valence-corrected chi connectivity index (χ0v) is 12.1. The molecule has 0 amide bonds. The molecule has 2 heterocycles.